The Morgan fingerprint density at radius 3 is 2.88 bits per heavy atom. The van der Waals surface area contributed by atoms with Crippen molar-refractivity contribution in [2.24, 2.45) is 0 Å². The van der Waals surface area contributed by atoms with Crippen LogP contribution in [-0.2, 0) is 6.54 Å². The summed E-state index contributed by atoms with van der Waals surface area (Å²) in [6.07, 6.45) is 3.43. The molecule has 0 radical (unpaired) electrons. The van der Waals surface area contributed by atoms with Crippen LogP contribution in [0.5, 0.6) is 0 Å². The molecule has 0 heterocycles. The number of rotatable bonds is 3. The van der Waals surface area contributed by atoms with E-state index in [2.05, 4.69) is 10.6 Å². The van der Waals surface area contributed by atoms with Crippen molar-refractivity contribution in [2.45, 2.75) is 31.8 Å². The summed E-state index contributed by atoms with van der Waals surface area (Å²) in [7, 11) is 0. The van der Waals surface area contributed by atoms with Gasteiger partial charge in [-0.15, -0.1) is 0 Å². The number of urea groups is 1. The molecule has 0 bridgehead atoms. The summed E-state index contributed by atoms with van der Waals surface area (Å²) in [5.41, 5.74) is 1.01. The number of carbonyl (C=O) groups is 1. The molecule has 1 saturated carbocycles. The van der Waals surface area contributed by atoms with Crippen LogP contribution in [0.3, 0.4) is 0 Å². The van der Waals surface area contributed by atoms with Crippen molar-refractivity contribution in [3.8, 4) is 0 Å². The van der Waals surface area contributed by atoms with Gasteiger partial charge >= 0.3 is 6.03 Å². The lowest BCUT2D eigenvalue weighted by atomic mass is 9.93. The van der Waals surface area contributed by atoms with Gasteiger partial charge in [-0.1, -0.05) is 23.7 Å². The number of benzene rings is 1. The predicted molar refractivity (Wildman–Crippen MR) is 64.5 cm³/mol. The van der Waals surface area contributed by atoms with Crippen molar-refractivity contribution >= 4 is 17.6 Å². The first-order chi connectivity index (χ1) is 7.74. The molecule has 3 nitrogen and oxygen atoms in total. The number of nitrogens with one attached hydrogen (secondary N) is 2. The van der Waals surface area contributed by atoms with Crippen LogP contribution in [0.25, 0.3) is 0 Å². The average molecular weight is 239 g/mol. The molecule has 0 spiro atoms. The highest BCUT2D eigenvalue weighted by atomic mass is 35.5. The first-order valence-electron chi connectivity index (χ1n) is 5.53. The first kappa shape index (κ1) is 11.3. The summed E-state index contributed by atoms with van der Waals surface area (Å²) in [6.45, 7) is 0.513. The zero-order chi connectivity index (χ0) is 11.4. The van der Waals surface area contributed by atoms with Crippen LogP contribution in [0.4, 0.5) is 4.79 Å². The number of hydrogen-bond acceptors (Lipinski definition) is 1. The predicted octanol–water partition coefficient (Wildman–Crippen LogP) is 2.69. The molecule has 0 aromatic heterocycles. The second-order valence-electron chi connectivity index (χ2n) is 4.08. The van der Waals surface area contributed by atoms with Crippen molar-refractivity contribution < 1.29 is 4.79 Å². The topological polar surface area (TPSA) is 41.1 Å². The molecule has 1 fully saturated rings. The van der Waals surface area contributed by atoms with Gasteiger partial charge in [0.15, 0.2) is 0 Å². The quantitative estimate of drug-likeness (QED) is 0.835. The van der Waals surface area contributed by atoms with E-state index in [9.17, 15) is 4.79 Å². The minimum Gasteiger partial charge on any atom is -0.335 e. The Morgan fingerprint density at radius 2 is 2.25 bits per heavy atom. The van der Waals surface area contributed by atoms with Crippen LogP contribution in [0.2, 0.25) is 5.02 Å². The Kier molecular flexibility index (Phi) is 3.67. The van der Waals surface area contributed by atoms with E-state index in [1.54, 1.807) is 0 Å². The summed E-state index contributed by atoms with van der Waals surface area (Å²) in [4.78, 5) is 11.4. The smallest absolute Gasteiger partial charge is 0.315 e. The normalized spacial score (nSPS) is 15.3. The van der Waals surface area contributed by atoms with Gasteiger partial charge in [-0.2, -0.15) is 0 Å². The summed E-state index contributed by atoms with van der Waals surface area (Å²) in [5.74, 6) is 0. The Labute approximate surface area is 100 Å². The maximum atomic E-state index is 11.4. The molecular formula is C12H15ClN2O. The Balaban J connectivity index is 1.75. The van der Waals surface area contributed by atoms with E-state index in [0.717, 1.165) is 18.4 Å². The molecule has 1 aromatic carbocycles. The first-order valence-corrected chi connectivity index (χ1v) is 5.90. The van der Waals surface area contributed by atoms with E-state index in [4.69, 9.17) is 11.6 Å². The van der Waals surface area contributed by atoms with Gasteiger partial charge in [0.05, 0.1) is 0 Å². The van der Waals surface area contributed by atoms with Gasteiger partial charge in [-0.3, -0.25) is 0 Å². The third-order valence-electron chi connectivity index (χ3n) is 2.78. The second kappa shape index (κ2) is 5.21. The highest BCUT2D eigenvalue weighted by Gasteiger charge is 2.18. The molecule has 1 aliphatic rings. The molecule has 2 rings (SSSR count). The molecule has 1 aromatic rings. The SMILES string of the molecule is O=C(NCc1cccc(Cl)c1)NC1CCC1. The Hall–Kier alpha value is -1.22. The summed E-state index contributed by atoms with van der Waals surface area (Å²) in [6, 6.07) is 7.77. The van der Waals surface area contributed by atoms with E-state index in [1.165, 1.54) is 6.42 Å². The van der Waals surface area contributed by atoms with Gasteiger partial charge in [0.25, 0.3) is 0 Å². The van der Waals surface area contributed by atoms with Crippen LogP contribution in [-0.4, -0.2) is 12.1 Å². The van der Waals surface area contributed by atoms with E-state index in [1.807, 2.05) is 24.3 Å². The van der Waals surface area contributed by atoms with Gasteiger partial charge in [0.2, 0.25) is 0 Å². The monoisotopic (exact) mass is 238 g/mol. The zero-order valence-corrected chi connectivity index (χ0v) is 9.76. The van der Waals surface area contributed by atoms with Gasteiger partial charge in [-0.05, 0) is 37.0 Å². The number of halogens is 1. The number of amides is 2. The third kappa shape index (κ3) is 3.14. The number of hydrogen-bond donors (Lipinski definition) is 2. The largest absolute Gasteiger partial charge is 0.335 e. The van der Waals surface area contributed by atoms with Crippen LogP contribution in [0.1, 0.15) is 24.8 Å². The Bertz CT molecular complexity index is 377. The highest BCUT2D eigenvalue weighted by Crippen LogP contribution is 2.17. The molecule has 0 atom stereocenters. The average Bonchev–Trinajstić information content (AvgIpc) is 2.21. The van der Waals surface area contributed by atoms with E-state index in [-0.39, 0.29) is 6.03 Å². The van der Waals surface area contributed by atoms with E-state index < -0.39 is 0 Å². The second-order valence-corrected chi connectivity index (χ2v) is 4.52. The molecule has 4 heteroatoms. The van der Waals surface area contributed by atoms with Crippen molar-refractivity contribution in [3.63, 3.8) is 0 Å². The lowest BCUT2D eigenvalue weighted by Crippen LogP contribution is -2.44. The van der Waals surface area contributed by atoms with Crippen LogP contribution >= 0.6 is 11.6 Å². The molecule has 2 N–H and O–H groups in total. The standard InChI is InChI=1S/C12H15ClN2O/c13-10-4-1-3-9(7-10)8-14-12(16)15-11-5-2-6-11/h1,3-4,7,11H,2,5-6,8H2,(H2,14,15,16). The molecule has 2 amide bonds. The van der Waals surface area contributed by atoms with E-state index in [0.29, 0.717) is 17.6 Å². The molecular weight excluding hydrogens is 224 g/mol. The van der Waals surface area contributed by atoms with Crippen molar-refractivity contribution in [1.82, 2.24) is 10.6 Å². The van der Waals surface area contributed by atoms with Gasteiger partial charge in [0.1, 0.15) is 0 Å². The molecule has 0 aliphatic heterocycles. The summed E-state index contributed by atoms with van der Waals surface area (Å²) in [5, 5.41) is 6.43. The van der Waals surface area contributed by atoms with Crippen LogP contribution < -0.4 is 10.6 Å². The van der Waals surface area contributed by atoms with Crippen molar-refractivity contribution in [2.75, 3.05) is 0 Å². The summed E-state index contributed by atoms with van der Waals surface area (Å²) < 4.78 is 0. The fourth-order valence-electron chi connectivity index (χ4n) is 1.62. The van der Waals surface area contributed by atoms with Gasteiger partial charge in [-0.25, -0.2) is 4.79 Å². The van der Waals surface area contributed by atoms with Gasteiger partial charge < -0.3 is 10.6 Å². The van der Waals surface area contributed by atoms with Crippen LogP contribution in [0, 0.1) is 0 Å². The maximum Gasteiger partial charge on any atom is 0.315 e. The molecule has 1 aliphatic carbocycles. The molecule has 86 valence electrons. The fourth-order valence-corrected chi connectivity index (χ4v) is 1.83. The zero-order valence-electron chi connectivity index (χ0n) is 9.00. The highest BCUT2D eigenvalue weighted by molar-refractivity contribution is 6.30. The van der Waals surface area contributed by atoms with Crippen molar-refractivity contribution in [3.05, 3.63) is 34.9 Å². The van der Waals surface area contributed by atoms with Crippen LogP contribution in [0.15, 0.2) is 24.3 Å². The lowest BCUT2D eigenvalue weighted by molar-refractivity contribution is 0.228. The third-order valence-corrected chi connectivity index (χ3v) is 3.02. The summed E-state index contributed by atoms with van der Waals surface area (Å²) >= 11 is 5.85. The fraction of sp³-hybridized carbons (Fsp3) is 0.417. The lowest BCUT2D eigenvalue weighted by Gasteiger charge is -2.26. The van der Waals surface area contributed by atoms with E-state index >= 15 is 0 Å². The number of carbonyl (C=O) groups excluding carboxylic acids is 1. The van der Waals surface area contributed by atoms with Gasteiger partial charge in [0, 0.05) is 17.6 Å². The molecule has 0 unspecified atom stereocenters. The minimum atomic E-state index is -0.0929. The Morgan fingerprint density at radius 1 is 1.44 bits per heavy atom. The maximum absolute atomic E-state index is 11.4. The minimum absolute atomic E-state index is 0.0929. The molecule has 0 saturated heterocycles. The molecule has 16 heavy (non-hydrogen) atoms. The van der Waals surface area contributed by atoms with Crippen molar-refractivity contribution in [1.29, 1.82) is 0 Å².